The standard InChI is InChI=1S/C16H26N2/c1-13-7-9-15(10-8-13)16(17)12-18-11-5-3-4-6-14(18)2/h7-10,14,16H,3-6,11-12,17H2,1-2H3. The van der Waals surface area contributed by atoms with Crippen LogP contribution < -0.4 is 5.73 Å². The summed E-state index contributed by atoms with van der Waals surface area (Å²) in [7, 11) is 0. The Balaban J connectivity index is 1.97. The molecule has 2 N–H and O–H groups in total. The van der Waals surface area contributed by atoms with Crippen LogP contribution in [0, 0.1) is 6.92 Å². The molecule has 18 heavy (non-hydrogen) atoms. The van der Waals surface area contributed by atoms with Crippen molar-refractivity contribution in [2.45, 2.75) is 51.6 Å². The van der Waals surface area contributed by atoms with Crippen molar-refractivity contribution >= 4 is 0 Å². The van der Waals surface area contributed by atoms with Crippen molar-refractivity contribution < 1.29 is 0 Å². The molecular weight excluding hydrogens is 220 g/mol. The summed E-state index contributed by atoms with van der Waals surface area (Å²) < 4.78 is 0. The lowest BCUT2D eigenvalue weighted by Crippen LogP contribution is -2.38. The van der Waals surface area contributed by atoms with Gasteiger partial charge in [0.15, 0.2) is 0 Å². The van der Waals surface area contributed by atoms with Crippen molar-refractivity contribution in [3.8, 4) is 0 Å². The molecule has 1 fully saturated rings. The van der Waals surface area contributed by atoms with E-state index in [1.165, 1.54) is 43.4 Å². The molecule has 100 valence electrons. The van der Waals surface area contributed by atoms with Crippen LogP contribution in [-0.2, 0) is 0 Å². The zero-order valence-electron chi connectivity index (χ0n) is 11.7. The first-order valence-electron chi connectivity index (χ1n) is 7.23. The van der Waals surface area contributed by atoms with Crippen molar-refractivity contribution in [3.05, 3.63) is 35.4 Å². The number of benzene rings is 1. The van der Waals surface area contributed by atoms with Crippen LogP contribution in [0.25, 0.3) is 0 Å². The fourth-order valence-electron chi connectivity index (χ4n) is 2.78. The fraction of sp³-hybridized carbons (Fsp3) is 0.625. The first-order valence-corrected chi connectivity index (χ1v) is 7.23. The molecule has 2 atom stereocenters. The molecular formula is C16H26N2. The highest BCUT2D eigenvalue weighted by atomic mass is 15.2. The summed E-state index contributed by atoms with van der Waals surface area (Å²) >= 11 is 0. The van der Waals surface area contributed by atoms with Crippen LogP contribution in [0.1, 0.15) is 49.8 Å². The minimum absolute atomic E-state index is 0.145. The lowest BCUT2D eigenvalue weighted by molar-refractivity contribution is 0.201. The SMILES string of the molecule is Cc1ccc(C(N)CN2CCCCCC2C)cc1. The Morgan fingerprint density at radius 2 is 1.94 bits per heavy atom. The Hall–Kier alpha value is -0.860. The molecule has 2 heteroatoms. The van der Waals surface area contributed by atoms with Gasteiger partial charge in [0.2, 0.25) is 0 Å². The molecule has 2 nitrogen and oxygen atoms in total. The summed E-state index contributed by atoms with van der Waals surface area (Å²) in [4.78, 5) is 2.57. The normalized spacial score (nSPS) is 23.6. The van der Waals surface area contributed by atoms with Gasteiger partial charge in [0.25, 0.3) is 0 Å². The Bertz CT molecular complexity index is 358. The number of nitrogens with zero attached hydrogens (tertiary/aromatic N) is 1. The second-order valence-electron chi connectivity index (χ2n) is 5.71. The van der Waals surface area contributed by atoms with Crippen LogP contribution in [-0.4, -0.2) is 24.0 Å². The van der Waals surface area contributed by atoms with Gasteiger partial charge in [0.1, 0.15) is 0 Å². The van der Waals surface area contributed by atoms with E-state index in [-0.39, 0.29) is 6.04 Å². The van der Waals surface area contributed by atoms with E-state index in [0.29, 0.717) is 6.04 Å². The maximum Gasteiger partial charge on any atom is 0.0424 e. The van der Waals surface area contributed by atoms with Gasteiger partial charge >= 0.3 is 0 Å². The molecule has 0 saturated carbocycles. The number of rotatable bonds is 3. The smallest absolute Gasteiger partial charge is 0.0424 e. The summed E-state index contributed by atoms with van der Waals surface area (Å²) in [5, 5.41) is 0. The van der Waals surface area contributed by atoms with E-state index in [4.69, 9.17) is 5.73 Å². The molecule has 0 aromatic heterocycles. The Labute approximate surface area is 111 Å². The van der Waals surface area contributed by atoms with Crippen LogP contribution >= 0.6 is 0 Å². The maximum absolute atomic E-state index is 6.35. The van der Waals surface area contributed by atoms with Crippen molar-refractivity contribution in [2.24, 2.45) is 5.73 Å². The molecule has 0 bridgehead atoms. The molecule has 0 spiro atoms. The van der Waals surface area contributed by atoms with Gasteiger partial charge in [0, 0.05) is 18.6 Å². The summed E-state index contributed by atoms with van der Waals surface area (Å²) in [6.45, 7) is 6.66. The summed E-state index contributed by atoms with van der Waals surface area (Å²) in [5.74, 6) is 0. The third-order valence-electron chi connectivity index (χ3n) is 4.13. The summed E-state index contributed by atoms with van der Waals surface area (Å²) in [6, 6.07) is 9.47. The van der Waals surface area contributed by atoms with Gasteiger partial charge in [-0.05, 0) is 38.8 Å². The lowest BCUT2D eigenvalue weighted by atomic mass is 10.0. The summed E-state index contributed by atoms with van der Waals surface area (Å²) in [5.41, 5.74) is 8.91. The highest BCUT2D eigenvalue weighted by Crippen LogP contribution is 2.20. The molecule has 2 rings (SSSR count). The number of nitrogens with two attached hydrogens (primary N) is 1. The molecule has 1 aromatic rings. The number of hydrogen-bond acceptors (Lipinski definition) is 2. The number of likely N-dealkylation sites (tertiary alicyclic amines) is 1. The second-order valence-corrected chi connectivity index (χ2v) is 5.71. The molecule has 0 amide bonds. The average Bonchev–Trinajstić information content (AvgIpc) is 2.56. The van der Waals surface area contributed by atoms with Gasteiger partial charge in [-0.15, -0.1) is 0 Å². The predicted octanol–water partition coefficient (Wildman–Crippen LogP) is 3.26. The van der Waals surface area contributed by atoms with Crippen molar-refractivity contribution in [1.29, 1.82) is 0 Å². The van der Waals surface area contributed by atoms with Gasteiger partial charge < -0.3 is 5.73 Å². The molecule has 1 aromatic carbocycles. The zero-order valence-corrected chi connectivity index (χ0v) is 11.7. The van der Waals surface area contributed by atoms with E-state index >= 15 is 0 Å². The second kappa shape index (κ2) is 6.35. The van der Waals surface area contributed by atoms with Crippen LogP contribution in [0.3, 0.4) is 0 Å². The molecule has 1 aliphatic heterocycles. The van der Waals surface area contributed by atoms with E-state index in [1.54, 1.807) is 0 Å². The predicted molar refractivity (Wildman–Crippen MR) is 77.6 cm³/mol. The Morgan fingerprint density at radius 1 is 1.22 bits per heavy atom. The Kier molecular flexibility index (Phi) is 4.79. The van der Waals surface area contributed by atoms with E-state index in [0.717, 1.165) is 6.54 Å². The highest BCUT2D eigenvalue weighted by molar-refractivity contribution is 5.24. The minimum Gasteiger partial charge on any atom is -0.323 e. The van der Waals surface area contributed by atoms with Crippen molar-refractivity contribution in [3.63, 3.8) is 0 Å². The minimum atomic E-state index is 0.145. The first kappa shape index (κ1) is 13.6. The highest BCUT2D eigenvalue weighted by Gasteiger charge is 2.19. The van der Waals surface area contributed by atoms with Crippen LogP contribution in [0.5, 0.6) is 0 Å². The molecule has 1 heterocycles. The molecule has 1 aliphatic rings. The molecule has 0 aliphatic carbocycles. The number of aryl methyl sites for hydroxylation is 1. The average molecular weight is 246 g/mol. The van der Waals surface area contributed by atoms with Crippen LogP contribution in [0.4, 0.5) is 0 Å². The number of hydrogen-bond donors (Lipinski definition) is 1. The van der Waals surface area contributed by atoms with E-state index in [1.807, 2.05) is 0 Å². The Morgan fingerprint density at radius 3 is 2.67 bits per heavy atom. The van der Waals surface area contributed by atoms with Gasteiger partial charge in [-0.2, -0.15) is 0 Å². The molecule has 2 unspecified atom stereocenters. The van der Waals surface area contributed by atoms with Gasteiger partial charge in [-0.1, -0.05) is 42.7 Å². The van der Waals surface area contributed by atoms with Crippen LogP contribution in [0.15, 0.2) is 24.3 Å². The quantitative estimate of drug-likeness (QED) is 0.887. The van der Waals surface area contributed by atoms with Crippen molar-refractivity contribution in [1.82, 2.24) is 4.90 Å². The zero-order chi connectivity index (χ0) is 13.0. The third-order valence-corrected chi connectivity index (χ3v) is 4.13. The van der Waals surface area contributed by atoms with E-state index in [2.05, 4.69) is 43.0 Å². The molecule has 0 radical (unpaired) electrons. The van der Waals surface area contributed by atoms with Gasteiger partial charge in [-0.3, -0.25) is 4.90 Å². The summed E-state index contributed by atoms with van der Waals surface area (Å²) in [6.07, 6.45) is 5.39. The lowest BCUT2D eigenvalue weighted by Gasteiger charge is -2.29. The van der Waals surface area contributed by atoms with Gasteiger partial charge in [-0.25, -0.2) is 0 Å². The largest absolute Gasteiger partial charge is 0.323 e. The van der Waals surface area contributed by atoms with Crippen LogP contribution in [0.2, 0.25) is 0 Å². The van der Waals surface area contributed by atoms with Crippen molar-refractivity contribution in [2.75, 3.05) is 13.1 Å². The molecule has 1 saturated heterocycles. The van der Waals surface area contributed by atoms with Gasteiger partial charge in [0.05, 0.1) is 0 Å². The topological polar surface area (TPSA) is 29.3 Å². The monoisotopic (exact) mass is 246 g/mol. The maximum atomic E-state index is 6.35. The van der Waals surface area contributed by atoms with E-state index < -0.39 is 0 Å². The third kappa shape index (κ3) is 3.56. The fourth-order valence-corrected chi connectivity index (χ4v) is 2.78. The first-order chi connectivity index (χ1) is 8.66. The van der Waals surface area contributed by atoms with E-state index in [9.17, 15) is 0 Å².